The molecule has 0 aliphatic carbocycles. The fourth-order valence-corrected chi connectivity index (χ4v) is 2.04. The van der Waals surface area contributed by atoms with Crippen LogP contribution in [-0.4, -0.2) is 24.3 Å². The fraction of sp³-hybridized carbons (Fsp3) is 0.250. The van der Waals surface area contributed by atoms with Crippen LogP contribution in [0.2, 0.25) is 0 Å². The molecule has 1 aromatic heterocycles. The summed E-state index contributed by atoms with van der Waals surface area (Å²) in [5.41, 5.74) is 0.586. The van der Waals surface area contributed by atoms with Crippen molar-refractivity contribution in [2.75, 3.05) is 19.1 Å². The predicted molar refractivity (Wildman–Crippen MR) is 88.2 cm³/mol. The highest BCUT2D eigenvalue weighted by Gasteiger charge is 2.12. The molecule has 0 aliphatic heterocycles. The maximum absolute atomic E-state index is 13.5. The molecule has 0 N–H and O–H groups in total. The van der Waals surface area contributed by atoms with Gasteiger partial charge in [0.15, 0.2) is 0 Å². The van der Waals surface area contributed by atoms with Crippen molar-refractivity contribution in [3.8, 4) is 11.6 Å². The monoisotopic (exact) mass is 320 g/mol. The lowest BCUT2D eigenvalue weighted by molar-refractivity contribution is 0.398. The molecule has 0 aliphatic rings. The van der Waals surface area contributed by atoms with Crippen molar-refractivity contribution < 1.29 is 13.9 Å². The van der Waals surface area contributed by atoms with Gasteiger partial charge in [0.05, 0.1) is 7.11 Å². The SMILES string of the molecule is CCc1cc(OC(=S)N(C)c2cccc(OC)n2)ccc1F. The minimum Gasteiger partial charge on any atom is -0.481 e. The summed E-state index contributed by atoms with van der Waals surface area (Å²) in [6.45, 7) is 1.88. The molecule has 0 radical (unpaired) electrons. The van der Waals surface area contributed by atoms with Gasteiger partial charge in [-0.3, -0.25) is 4.90 Å². The van der Waals surface area contributed by atoms with Gasteiger partial charge in [-0.2, -0.15) is 4.98 Å². The van der Waals surface area contributed by atoms with Crippen molar-refractivity contribution in [3.05, 3.63) is 47.8 Å². The predicted octanol–water partition coefficient (Wildman–Crippen LogP) is 3.59. The Morgan fingerprint density at radius 1 is 1.32 bits per heavy atom. The van der Waals surface area contributed by atoms with Crippen LogP contribution in [0.1, 0.15) is 12.5 Å². The second-order valence-corrected chi connectivity index (χ2v) is 4.92. The standard InChI is InChI=1S/C16H17FN2O2S/c1-4-11-10-12(8-9-13(11)17)21-16(22)19(2)14-6-5-7-15(18-14)20-3/h5-10H,4H2,1-3H3. The van der Waals surface area contributed by atoms with Gasteiger partial charge in [-0.05, 0) is 48.5 Å². The van der Waals surface area contributed by atoms with Crippen molar-refractivity contribution in [3.63, 3.8) is 0 Å². The summed E-state index contributed by atoms with van der Waals surface area (Å²) in [5.74, 6) is 1.34. The first kappa shape index (κ1) is 16.2. The van der Waals surface area contributed by atoms with Crippen LogP contribution >= 0.6 is 12.2 Å². The van der Waals surface area contributed by atoms with Crippen LogP contribution in [0.15, 0.2) is 36.4 Å². The number of rotatable bonds is 4. The molecule has 0 spiro atoms. The number of thiocarbonyl (C=S) groups is 1. The number of hydrogen-bond donors (Lipinski definition) is 0. The highest BCUT2D eigenvalue weighted by atomic mass is 32.1. The second kappa shape index (κ2) is 7.17. The van der Waals surface area contributed by atoms with E-state index < -0.39 is 0 Å². The summed E-state index contributed by atoms with van der Waals surface area (Å²) in [4.78, 5) is 5.90. The van der Waals surface area contributed by atoms with Gasteiger partial charge in [-0.25, -0.2) is 4.39 Å². The zero-order valence-corrected chi connectivity index (χ0v) is 13.5. The number of anilines is 1. The fourth-order valence-electron chi connectivity index (χ4n) is 1.85. The third-order valence-corrected chi connectivity index (χ3v) is 3.50. The molecule has 6 heteroatoms. The zero-order valence-electron chi connectivity index (χ0n) is 12.7. The van der Waals surface area contributed by atoms with Gasteiger partial charge in [-0.15, -0.1) is 0 Å². The summed E-state index contributed by atoms with van der Waals surface area (Å²) in [7, 11) is 3.29. The molecule has 22 heavy (non-hydrogen) atoms. The molecule has 116 valence electrons. The van der Waals surface area contributed by atoms with Gasteiger partial charge < -0.3 is 9.47 Å². The summed E-state index contributed by atoms with van der Waals surface area (Å²) < 4.78 is 24.2. The molecule has 2 rings (SSSR count). The van der Waals surface area contributed by atoms with Gasteiger partial charge in [0, 0.05) is 13.1 Å². The lowest BCUT2D eigenvalue weighted by atomic mass is 10.1. The lowest BCUT2D eigenvalue weighted by Crippen LogP contribution is -2.29. The Labute approximate surface area is 134 Å². The van der Waals surface area contributed by atoms with Crippen molar-refractivity contribution in [2.24, 2.45) is 0 Å². The quantitative estimate of drug-likeness (QED) is 0.804. The van der Waals surface area contributed by atoms with Gasteiger partial charge in [-0.1, -0.05) is 13.0 Å². The third kappa shape index (κ3) is 3.71. The third-order valence-electron chi connectivity index (χ3n) is 3.14. The number of hydrogen-bond acceptors (Lipinski definition) is 4. The maximum Gasteiger partial charge on any atom is 0.270 e. The molecule has 1 heterocycles. The average Bonchev–Trinajstić information content (AvgIpc) is 2.55. The number of aromatic nitrogens is 1. The number of halogens is 1. The van der Waals surface area contributed by atoms with E-state index in [-0.39, 0.29) is 11.0 Å². The Hall–Kier alpha value is -2.21. The van der Waals surface area contributed by atoms with Gasteiger partial charge in [0.1, 0.15) is 17.4 Å². The average molecular weight is 320 g/mol. The Bertz CT molecular complexity index is 679. The molecule has 0 fully saturated rings. The molecule has 0 unspecified atom stereocenters. The minimum atomic E-state index is -0.247. The normalized spacial score (nSPS) is 10.2. The highest BCUT2D eigenvalue weighted by Crippen LogP contribution is 2.20. The van der Waals surface area contributed by atoms with E-state index in [1.165, 1.54) is 6.07 Å². The van der Waals surface area contributed by atoms with Crippen LogP contribution in [0, 0.1) is 5.82 Å². The van der Waals surface area contributed by atoms with E-state index in [9.17, 15) is 4.39 Å². The van der Waals surface area contributed by atoms with E-state index in [1.54, 1.807) is 43.3 Å². The molecule has 2 aromatic rings. The largest absolute Gasteiger partial charge is 0.481 e. The first-order valence-electron chi connectivity index (χ1n) is 6.80. The highest BCUT2D eigenvalue weighted by molar-refractivity contribution is 7.80. The van der Waals surface area contributed by atoms with Crippen molar-refractivity contribution in [1.82, 2.24) is 4.98 Å². The zero-order chi connectivity index (χ0) is 16.1. The van der Waals surface area contributed by atoms with Crippen LogP contribution in [0.5, 0.6) is 11.6 Å². The lowest BCUT2D eigenvalue weighted by Gasteiger charge is -2.19. The summed E-state index contributed by atoms with van der Waals surface area (Å²) in [6.07, 6.45) is 0.586. The number of methoxy groups -OCH3 is 1. The van der Waals surface area contributed by atoms with E-state index in [0.717, 1.165) is 0 Å². The van der Waals surface area contributed by atoms with Crippen LogP contribution in [0.25, 0.3) is 0 Å². The first-order chi connectivity index (χ1) is 10.5. The summed E-state index contributed by atoms with van der Waals surface area (Å²) in [5, 5.41) is 0.217. The van der Waals surface area contributed by atoms with Crippen molar-refractivity contribution in [1.29, 1.82) is 0 Å². The van der Waals surface area contributed by atoms with Crippen molar-refractivity contribution >= 4 is 23.2 Å². The van der Waals surface area contributed by atoms with Crippen LogP contribution in [-0.2, 0) is 6.42 Å². The topological polar surface area (TPSA) is 34.6 Å². The van der Waals surface area contributed by atoms with Gasteiger partial charge >= 0.3 is 0 Å². The molecule has 4 nitrogen and oxygen atoms in total. The number of aryl methyl sites for hydroxylation is 1. The molecule has 0 amide bonds. The Balaban J connectivity index is 2.14. The summed E-state index contributed by atoms with van der Waals surface area (Å²) in [6, 6.07) is 9.92. The van der Waals surface area contributed by atoms with Crippen LogP contribution < -0.4 is 14.4 Å². The van der Waals surface area contributed by atoms with Gasteiger partial charge in [0.2, 0.25) is 5.88 Å². The van der Waals surface area contributed by atoms with E-state index in [2.05, 4.69) is 4.98 Å². The van der Waals surface area contributed by atoms with Crippen LogP contribution in [0.3, 0.4) is 0 Å². The molecule has 0 atom stereocenters. The number of pyridine rings is 1. The number of ether oxygens (including phenoxy) is 2. The van der Waals surface area contributed by atoms with Crippen molar-refractivity contribution in [2.45, 2.75) is 13.3 Å². The van der Waals surface area contributed by atoms with E-state index in [1.807, 2.05) is 13.0 Å². The molecule has 0 bridgehead atoms. The molecule has 0 saturated heterocycles. The first-order valence-corrected chi connectivity index (χ1v) is 7.21. The Morgan fingerprint density at radius 3 is 2.77 bits per heavy atom. The molecular formula is C16H17FN2O2S. The van der Waals surface area contributed by atoms with E-state index in [0.29, 0.717) is 29.4 Å². The van der Waals surface area contributed by atoms with Gasteiger partial charge in [0.25, 0.3) is 5.17 Å². The number of nitrogens with zero attached hydrogens (tertiary/aromatic N) is 2. The van der Waals surface area contributed by atoms with E-state index in [4.69, 9.17) is 21.7 Å². The summed E-state index contributed by atoms with van der Waals surface area (Å²) >= 11 is 5.26. The minimum absolute atomic E-state index is 0.217. The maximum atomic E-state index is 13.5. The second-order valence-electron chi connectivity index (χ2n) is 4.57. The molecule has 1 aromatic carbocycles. The molecular weight excluding hydrogens is 303 g/mol. The number of benzene rings is 1. The Kier molecular flexibility index (Phi) is 5.27. The Morgan fingerprint density at radius 2 is 2.09 bits per heavy atom. The smallest absolute Gasteiger partial charge is 0.270 e. The van der Waals surface area contributed by atoms with Crippen LogP contribution in [0.4, 0.5) is 10.2 Å². The van der Waals surface area contributed by atoms with E-state index >= 15 is 0 Å². The molecule has 0 saturated carbocycles.